The summed E-state index contributed by atoms with van der Waals surface area (Å²) < 4.78 is 1.30. The Hall–Kier alpha value is -3.01. The molecule has 5 aromatic rings. The number of hydrogen-bond donors (Lipinski definition) is 2. The maximum atomic E-state index is 10.2. The lowest BCUT2D eigenvalue weighted by Crippen LogP contribution is -2.55. The van der Waals surface area contributed by atoms with Gasteiger partial charge in [-0.3, -0.25) is 0 Å². The molecule has 0 amide bonds. The van der Waals surface area contributed by atoms with Crippen molar-refractivity contribution < 1.29 is 5.11 Å². The molecule has 3 heterocycles. The third-order valence-electron chi connectivity index (χ3n) is 7.19. The first-order valence-electron chi connectivity index (χ1n) is 12.3. The molecule has 2 aromatic heterocycles. The van der Waals surface area contributed by atoms with Crippen molar-refractivity contribution in [3.05, 3.63) is 84.8 Å². The number of rotatable bonds is 4. The Morgan fingerprint density at radius 2 is 1.61 bits per heavy atom. The number of aromatic nitrogens is 3. The second kappa shape index (κ2) is 9.46. The third kappa shape index (κ3) is 4.05. The lowest BCUT2D eigenvalue weighted by atomic mass is 9.97. The van der Waals surface area contributed by atoms with E-state index in [4.69, 9.17) is 4.98 Å². The summed E-state index contributed by atoms with van der Waals surface area (Å²) in [4.78, 5) is 7.32. The summed E-state index contributed by atoms with van der Waals surface area (Å²) in [5, 5.41) is 20.5. The Kier molecular flexibility index (Phi) is 6.15. The van der Waals surface area contributed by atoms with Crippen LogP contribution >= 0.6 is 22.6 Å². The van der Waals surface area contributed by atoms with Crippen LogP contribution in [0.4, 0.5) is 5.69 Å². The number of fused-ring (bicyclic) bond motifs is 2. The minimum Gasteiger partial charge on any atom is -0.378 e. The molecule has 3 atom stereocenters. The van der Waals surface area contributed by atoms with Crippen LogP contribution in [0.25, 0.3) is 38.7 Å². The van der Waals surface area contributed by atoms with Crippen molar-refractivity contribution >= 4 is 44.7 Å². The first-order valence-corrected chi connectivity index (χ1v) is 13.5. The molecule has 0 bridgehead atoms. The molecule has 1 saturated heterocycles. The molecule has 3 aromatic carbocycles. The van der Waals surface area contributed by atoms with Gasteiger partial charge in [-0.05, 0) is 76.0 Å². The van der Waals surface area contributed by atoms with Gasteiger partial charge in [0.15, 0.2) is 5.65 Å². The van der Waals surface area contributed by atoms with Gasteiger partial charge in [0.25, 0.3) is 0 Å². The van der Waals surface area contributed by atoms with E-state index >= 15 is 0 Å². The number of benzene rings is 3. The van der Waals surface area contributed by atoms with Crippen LogP contribution in [0, 0.1) is 0 Å². The van der Waals surface area contributed by atoms with Gasteiger partial charge in [0.05, 0.1) is 6.20 Å². The molecule has 0 saturated carbocycles. The first-order chi connectivity index (χ1) is 17.5. The molecular weight excluding hydrogens is 561 g/mol. The highest BCUT2D eigenvalue weighted by atomic mass is 127. The van der Waals surface area contributed by atoms with Gasteiger partial charge < -0.3 is 15.3 Å². The van der Waals surface area contributed by atoms with Crippen molar-refractivity contribution in [2.24, 2.45) is 0 Å². The topological polar surface area (TPSA) is 65.7 Å². The number of anilines is 1. The summed E-state index contributed by atoms with van der Waals surface area (Å²) in [5.74, 6) is 0. The van der Waals surface area contributed by atoms with Gasteiger partial charge in [-0.25, -0.2) is 9.50 Å². The number of piperazine rings is 1. The number of halogens is 1. The van der Waals surface area contributed by atoms with Crippen molar-refractivity contribution in [3.8, 4) is 22.3 Å². The number of aliphatic hydroxyl groups excluding tert-OH is 1. The van der Waals surface area contributed by atoms with E-state index in [9.17, 15) is 5.11 Å². The van der Waals surface area contributed by atoms with E-state index in [-0.39, 0.29) is 0 Å². The second-order valence-electron chi connectivity index (χ2n) is 9.56. The molecule has 1 aliphatic rings. The molecule has 182 valence electrons. The summed E-state index contributed by atoms with van der Waals surface area (Å²) in [6, 6.07) is 21.9. The summed E-state index contributed by atoms with van der Waals surface area (Å²) >= 11 is 2.04. The summed E-state index contributed by atoms with van der Waals surface area (Å²) in [6.45, 7) is 6.55. The van der Waals surface area contributed by atoms with Crippen molar-refractivity contribution in [3.63, 3.8) is 0 Å². The Morgan fingerprint density at radius 1 is 0.889 bits per heavy atom. The molecule has 2 N–H and O–H groups in total. The fraction of sp³-hybridized carbons (Fsp3) is 0.241. The van der Waals surface area contributed by atoms with Gasteiger partial charge in [-0.2, -0.15) is 5.10 Å². The third-order valence-corrected chi connectivity index (χ3v) is 7.86. The summed E-state index contributed by atoms with van der Waals surface area (Å²) in [5.41, 5.74) is 7.16. The van der Waals surface area contributed by atoms with Gasteiger partial charge >= 0.3 is 0 Å². The fourth-order valence-electron chi connectivity index (χ4n) is 5.46. The van der Waals surface area contributed by atoms with E-state index in [0.717, 1.165) is 57.3 Å². The minimum absolute atomic E-state index is 0.463. The largest absolute Gasteiger partial charge is 0.378 e. The van der Waals surface area contributed by atoms with E-state index in [0.29, 0.717) is 12.1 Å². The van der Waals surface area contributed by atoms with E-state index < -0.39 is 4.11 Å². The first kappa shape index (κ1) is 23.4. The molecule has 1 unspecified atom stereocenters. The lowest BCUT2D eigenvalue weighted by Gasteiger charge is -2.41. The Morgan fingerprint density at radius 3 is 2.36 bits per heavy atom. The highest BCUT2D eigenvalue weighted by Gasteiger charge is 2.24. The van der Waals surface area contributed by atoms with E-state index in [1.54, 1.807) is 0 Å². The van der Waals surface area contributed by atoms with Gasteiger partial charge in [0.2, 0.25) is 0 Å². The molecule has 6 rings (SSSR count). The molecule has 7 heteroatoms. The average Bonchev–Trinajstić information content (AvgIpc) is 3.31. The SMILES string of the molecule is C[C@@H]1CNC[C@H](C)N1c1ccc(-c2cnc3c(-c4cccc5c(C(O)I)cccc45)cnn3c2)cc1. The predicted octanol–water partition coefficient (Wildman–Crippen LogP) is 5.83. The Balaban J connectivity index is 1.35. The molecule has 0 radical (unpaired) electrons. The lowest BCUT2D eigenvalue weighted by molar-refractivity contribution is 0.288. The van der Waals surface area contributed by atoms with Crippen LogP contribution in [0.1, 0.15) is 23.5 Å². The molecule has 36 heavy (non-hydrogen) atoms. The van der Waals surface area contributed by atoms with Crippen LogP contribution in [-0.4, -0.2) is 44.9 Å². The fourth-order valence-corrected chi connectivity index (χ4v) is 6.00. The second-order valence-corrected chi connectivity index (χ2v) is 10.7. The van der Waals surface area contributed by atoms with Crippen molar-refractivity contribution in [2.45, 2.75) is 30.0 Å². The number of hydrogen-bond acceptors (Lipinski definition) is 5. The van der Waals surface area contributed by atoms with Crippen molar-refractivity contribution in [1.82, 2.24) is 19.9 Å². The standard InChI is InChI=1S/C29H28IN5O/c1-18-13-31-14-19(2)35(18)22-11-9-20(10-12-22)21-15-32-29-27(16-33-34(29)17-21)25-7-3-6-24-23(25)5-4-8-26(24)28(30)36/h3-12,15-19,28,31,36H,13-14H2,1-2H3/t18-,19+,28?. The van der Waals surface area contributed by atoms with E-state index in [1.807, 2.05) is 63.9 Å². The van der Waals surface area contributed by atoms with Gasteiger partial charge in [0, 0.05) is 54.4 Å². The monoisotopic (exact) mass is 589 g/mol. The molecule has 0 spiro atoms. The van der Waals surface area contributed by atoms with Gasteiger partial charge in [-0.1, -0.05) is 48.5 Å². The van der Waals surface area contributed by atoms with Crippen LogP contribution in [0.3, 0.4) is 0 Å². The average molecular weight is 589 g/mol. The summed E-state index contributed by atoms with van der Waals surface area (Å²) in [6.07, 6.45) is 5.85. The number of alkyl halides is 1. The van der Waals surface area contributed by atoms with Crippen LogP contribution in [0.5, 0.6) is 0 Å². The number of nitrogens with one attached hydrogen (secondary N) is 1. The maximum absolute atomic E-state index is 10.2. The normalized spacial score (nSPS) is 19.2. The molecule has 1 aliphatic heterocycles. The molecule has 6 nitrogen and oxygen atoms in total. The van der Waals surface area contributed by atoms with Crippen LogP contribution < -0.4 is 10.2 Å². The number of nitrogens with zero attached hydrogens (tertiary/aromatic N) is 4. The highest BCUT2D eigenvalue weighted by molar-refractivity contribution is 14.1. The van der Waals surface area contributed by atoms with Crippen molar-refractivity contribution in [2.75, 3.05) is 18.0 Å². The maximum Gasteiger partial charge on any atom is 0.162 e. The zero-order valence-corrected chi connectivity index (χ0v) is 22.4. The highest BCUT2D eigenvalue weighted by Crippen LogP contribution is 2.36. The van der Waals surface area contributed by atoms with Crippen LogP contribution in [-0.2, 0) is 0 Å². The summed E-state index contributed by atoms with van der Waals surface area (Å²) in [7, 11) is 0. The van der Waals surface area contributed by atoms with Crippen molar-refractivity contribution in [1.29, 1.82) is 0 Å². The predicted molar refractivity (Wildman–Crippen MR) is 155 cm³/mol. The van der Waals surface area contributed by atoms with E-state index in [2.05, 4.69) is 71.6 Å². The van der Waals surface area contributed by atoms with Gasteiger partial charge in [0.1, 0.15) is 4.11 Å². The van der Waals surface area contributed by atoms with Crippen LogP contribution in [0.15, 0.2) is 79.3 Å². The Bertz CT molecular complexity index is 1540. The van der Waals surface area contributed by atoms with Crippen LogP contribution in [0.2, 0.25) is 0 Å². The zero-order chi connectivity index (χ0) is 24.8. The smallest absolute Gasteiger partial charge is 0.162 e. The van der Waals surface area contributed by atoms with Gasteiger partial charge in [-0.15, -0.1) is 0 Å². The molecule has 0 aliphatic carbocycles. The minimum atomic E-state index is -0.560. The molecule has 1 fully saturated rings. The molecular formula is C29H28IN5O. The zero-order valence-electron chi connectivity index (χ0n) is 20.3. The Labute approximate surface area is 224 Å². The van der Waals surface area contributed by atoms with E-state index in [1.165, 1.54) is 5.69 Å². The quantitative estimate of drug-likeness (QED) is 0.204. The number of aliphatic hydroxyl groups is 1.